The number of para-hydroxylation sites is 1. The maximum absolute atomic E-state index is 9.80. The topological polar surface area (TPSA) is 48.0 Å². The zero-order valence-electron chi connectivity index (χ0n) is 11.7. The van der Waals surface area contributed by atoms with E-state index >= 15 is 0 Å². The number of anilines is 1. The molecule has 3 N–H and O–H groups in total. The molecule has 0 saturated carbocycles. The lowest BCUT2D eigenvalue weighted by atomic mass is 10.1. The highest BCUT2D eigenvalue weighted by Gasteiger charge is 2.08. The van der Waals surface area contributed by atoms with Crippen molar-refractivity contribution >= 4 is 28.2 Å². The van der Waals surface area contributed by atoms with Gasteiger partial charge in [-0.1, -0.05) is 35.9 Å². The molecular weight excluding hydrogens is 284 g/mol. The van der Waals surface area contributed by atoms with Crippen molar-refractivity contribution in [3.8, 4) is 0 Å². The fraction of sp³-hybridized carbons (Fsp3) is 0.176. The molecule has 2 aromatic carbocycles. The van der Waals surface area contributed by atoms with Gasteiger partial charge < -0.3 is 15.4 Å². The van der Waals surface area contributed by atoms with Crippen molar-refractivity contribution in [2.75, 3.05) is 5.32 Å². The highest BCUT2D eigenvalue weighted by atomic mass is 35.5. The number of nitrogens with one attached hydrogen (secondary N) is 2. The molecule has 0 radical (unpaired) electrons. The Hall–Kier alpha value is -1.97. The molecule has 1 heterocycles. The predicted octanol–water partition coefficient (Wildman–Crippen LogP) is 4.49. The Morgan fingerprint density at radius 1 is 1.24 bits per heavy atom. The zero-order chi connectivity index (χ0) is 14.8. The fourth-order valence-corrected chi connectivity index (χ4v) is 2.69. The molecule has 0 fully saturated rings. The third kappa shape index (κ3) is 2.89. The number of benzene rings is 2. The second kappa shape index (κ2) is 5.80. The van der Waals surface area contributed by atoms with Crippen LogP contribution in [0.25, 0.3) is 10.9 Å². The van der Waals surface area contributed by atoms with Gasteiger partial charge in [-0.15, -0.1) is 0 Å². The van der Waals surface area contributed by atoms with Crippen LogP contribution in [-0.2, 0) is 6.54 Å². The van der Waals surface area contributed by atoms with Gasteiger partial charge in [0.2, 0.25) is 0 Å². The summed E-state index contributed by atoms with van der Waals surface area (Å²) in [4.78, 5) is 3.23. The summed E-state index contributed by atoms with van der Waals surface area (Å²) >= 11 is 5.99. The summed E-state index contributed by atoms with van der Waals surface area (Å²) in [5.74, 6) is 0. The van der Waals surface area contributed by atoms with E-state index in [1.165, 1.54) is 5.56 Å². The van der Waals surface area contributed by atoms with Crippen molar-refractivity contribution in [1.82, 2.24) is 4.98 Å². The minimum Gasteiger partial charge on any atom is -0.389 e. The van der Waals surface area contributed by atoms with Crippen LogP contribution >= 0.6 is 11.6 Å². The van der Waals surface area contributed by atoms with Gasteiger partial charge >= 0.3 is 0 Å². The number of rotatable bonds is 4. The van der Waals surface area contributed by atoms with Crippen LogP contribution in [0, 0.1) is 0 Å². The molecule has 0 spiro atoms. The van der Waals surface area contributed by atoms with Gasteiger partial charge in [-0.3, -0.25) is 0 Å². The van der Waals surface area contributed by atoms with Crippen LogP contribution < -0.4 is 5.32 Å². The summed E-state index contributed by atoms with van der Waals surface area (Å²) in [6.45, 7) is 2.46. The van der Waals surface area contributed by atoms with E-state index in [0.29, 0.717) is 6.54 Å². The van der Waals surface area contributed by atoms with Crippen molar-refractivity contribution in [2.24, 2.45) is 0 Å². The normalized spacial score (nSPS) is 12.5. The summed E-state index contributed by atoms with van der Waals surface area (Å²) in [7, 11) is 0. The molecule has 0 bridgehead atoms. The molecule has 1 aromatic heterocycles. The number of halogens is 1. The summed E-state index contributed by atoms with van der Waals surface area (Å²) in [5, 5.41) is 15.1. The summed E-state index contributed by atoms with van der Waals surface area (Å²) in [5.41, 5.74) is 4.06. The highest BCUT2D eigenvalue weighted by molar-refractivity contribution is 6.31. The lowest BCUT2D eigenvalue weighted by Crippen LogP contribution is -2.03. The smallest absolute Gasteiger partial charge is 0.0781 e. The predicted molar refractivity (Wildman–Crippen MR) is 87.7 cm³/mol. The Labute approximate surface area is 128 Å². The van der Waals surface area contributed by atoms with Gasteiger partial charge in [0.25, 0.3) is 0 Å². The first-order chi connectivity index (χ1) is 10.1. The zero-order valence-corrected chi connectivity index (χ0v) is 12.5. The SMILES string of the molecule is CC(O)c1ccccc1NCc1c[nH]c2cc(Cl)ccc12. The van der Waals surface area contributed by atoms with Gasteiger partial charge in [0.1, 0.15) is 0 Å². The lowest BCUT2D eigenvalue weighted by Gasteiger charge is -2.13. The molecule has 0 amide bonds. The van der Waals surface area contributed by atoms with Crippen LogP contribution in [-0.4, -0.2) is 10.1 Å². The molecule has 1 unspecified atom stereocenters. The number of H-pyrrole nitrogens is 1. The van der Waals surface area contributed by atoms with E-state index < -0.39 is 6.10 Å². The fourth-order valence-electron chi connectivity index (χ4n) is 2.52. The summed E-state index contributed by atoms with van der Waals surface area (Å²) in [6.07, 6.45) is 1.49. The van der Waals surface area contributed by atoms with Crippen LogP contribution in [0.1, 0.15) is 24.2 Å². The highest BCUT2D eigenvalue weighted by Crippen LogP contribution is 2.25. The van der Waals surface area contributed by atoms with E-state index in [1.807, 2.05) is 48.7 Å². The molecule has 21 heavy (non-hydrogen) atoms. The van der Waals surface area contributed by atoms with Gasteiger partial charge in [-0.25, -0.2) is 0 Å². The Kier molecular flexibility index (Phi) is 3.86. The van der Waals surface area contributed by atoms with E-state index in [9.17, 15) is 5.11 Å². The maximum Gasteiger partial charge on any atom is 0.0781 e. The van der Waals surface area contributed by atoms with Crippen molar-refractivity contribution in [3.63, 3.8) is 0 Å². The molecule has 3 nitrogen and oxygen atoms in total. The van der Waals surface area contributed by atoms with Crippen molar-refractivity contribution in [1.29, 1.82) is 0 Å². The van der Waals surface area contributed by atoms with Gasteiger partial charge in [0, 0.05) is 39.9 Å². The number of hydrogen-bond acceptors (Lipinski definition) is 2. The average Bonchev–Trinajstić information content (AvgIpc) is 2.87. The molecule has 4 heteroatoms. The van der Waals surface area contributed by atoms with Crippen LogP contribution in [0.5, 0.6) is 0 Å². The number of aromatic amines is 1. The van der Waals surface area contributed by atoms with Crippen LogP contribution in [0.3, 0.4) is 0 Å². The quantitative estimate of drug-likeness (QED) is 0.665. The van der Waals surface area contributed by atoms with Gasteiger partial charge in [-0.2, -0.15) is 0 Å². The molecular formula is C17H17ClN2O. The Morgan fingerprint density at radius 2 is 2.05 bits per heavy atom. The first-order valence-electron chi connectivity index (χ1n) is 6.91. The minimum atomic E-state index is -0.490. The largest absolute Gasteiger partial charge is 0.389 e. The second-order valence-corrected chi connectivity index (χ2v) is 5.56. The lowest BCUT2D eigenvalue weighted by molar-refractivity contribution is 0.200. The van der Waals surface area contributed by atoms with Gasteiger partial charge in [0.15, 0.2) is 0 Å². The Morgan fingerprint density at radius 3 is 2.86 bits per heavy atom. The van der Waals surface area contributed by atoms with E-state index in [2.05, 4.69) is 10.3 Å². The molecule has 0 aliphatic heterocycles. The molecule has 108 valence electrons. The van der Waals surface area contributed by atoms with Gasteiger partial charge in [-0.05, 0) is 30.7 Å². The van der Waals surface area contributed by atoms with Crippen LogP contribution in [0.4, 0.5) is 5.69 Å². The van der Waals surface area contributed by atoms with Gasteiger partial charge in [0.05, 0.1) is 6.10 Å². The van der Waals surface area contributed by atoms with E-state index in [0.717, 1.165) is 27.2 Å². The average molecular weight is 301 g/mol. The first kappa shape index (κ1) is 14.0. The summed E-state index contributed by atoms with van der Waals surface area (Å²) in [6, 6.07) is 13.6. The molecule has 0 saturated heterocycles. The Balaban J connectivity index is 1.84. The second-order valence-electron chi connectivity index (χ2n) is 5.12. The molecule has 3 aromatic rings. The van der Waals surface area contributed by atoms with Crippen LogP contribution in [0.15, 0.2) is 48.7 Å². The third-order valence-electron chi connectivity index (χ3n) is 3.61. The number of aliphatic hydroxyl groups is 1. The molecule has 1 atom stereocenters. The first-order valence-corrected chi connectivity index (χ1v) is 7.29. The van der Waals surface area contributed by atoms with Crippen molar-refractivity contribution in [3.05, 3.63) is 64.8 Å². The number of aliphatic hydroxyl groups excluding tert-OH is 1. The monoisotopic (exact) mass is 300 g/mol. The number of aromatic nitrogens is 1. The number of hydrogen-bond donors (Lipinski definition) is 3. The third-order valence-corrected chi connectivity index (χ3v) is 3.84. The summed E-state index contributed by atoms with van der Waals surface area (Å²) < 4.78 is 0. The van der Waals surface area contributed by atoms with Crippen molar-refractivity contribution in [2.45, 2.75) is 19.6 Å². The van der Waals surface area contributed by atoms with Crippen molar-refractivity contribution < 1.29 is 5.11 Å². The number of fused-ring (bicyclic) bond motifs is 1. The standard InChI is InChI=1S/C17H17ClN2O/c1-11(21)14-4-2-3-5-16(14)19-9-12-10-20-17-8-13(18)6-7-15(12)17/h2-8,10-11,19-21H,9H2,1H3. The minimum absolute atomic E-state index is 0.490. The molecule has 0 aliphatic rings. The molecule has 0 aliphatic carbocycles. The van der Waals surface area contributed by atoms with E-state index in [-0.39, 0.29) is 0 Å². The van der Waals surface area contributed by atoms with E-state index in [1.54, 1.807) is 6.92 Å². The maximum atomic E-state index is 9.80. The Bertz CT molecular complexity index is 764. The van der Waals surface area contributed by atoms with Crippen LogP contribution in [0.2, 0.25) is 5.02 Å². The molecule has 3 rings (SSSR count). The van der Waals surface area contributed by atoms with E-state index in [4.69, 9.17) is 11.6 Å².